The molecule has 0 aromatic heterocycles. The summed E-state index contributed by atoms with van der Waals surface area (Å²) in [5.41, 5.74) is 0.896. The summed E-state index contributed by atoms with van der Waals surface area (Å²) in [6.07, 6.45) is 5.40. The average molecular weight is 339 g/mol. The van der Waals surface area contributed by atoms with E-state index >= 15 is 0 Å². The van der Waals surface area contributed by atoms with Crippen LogP contribution in [0.1, 0.15) is 37.7 Å². The maximum absolute atomic E-state index is 13.9. The first-order valence-electron chi connectivity index (χ1n) is 8.44. The fourth-order valence-corrected chi connectivity index (χ4v) is 3.96. The topological polar surface area (TPSA) is 32.3 Å². The van der Waals surface area contributed by atoms with Crippen molar-refractivity contribution in [3.05, 3.63) is 35.6 Å². The van der Waals surface area contributed by atoms with Gasteiger partial charge in [-0.1, -0.05) is 18.2 Å². The molecule has 1 spiro atoms. The molecule has 5 heteroatoms. The molecule has 2 saturated carbocycles. The minimum atomic E-state index is -0.201. The van der Waals surface area contributed by atoms with Gasteiger partial charge >= 0.3 is 0 Å². The second kappa shape index (κ2) is 6.40. The lowest BCUT2D eigenvalue weighted by Crippen LogP contribution is -2.37. The molecule has 1 aliphatic heterocycles. The van der Waals surface area contributed by atoms with E-state index in [1.54, 1.807) is 12.1 Å². The fourth-order valence-electron chi connectivity index (χ4n) is 3.96. The standard InChI is InChI=1S/C18H23FN2O.ClH/c19-16-4-2-1-3-13(16)12-21(14-5-6-14)17(22)15-11-18(15)7-9-20-10-8-18;/h1-4,14-15,20H,5-12H2;1H. The van der Waals surface area contributed by atoms with Crippen LogP contribution in [0.15, 0.2) is 24.3 Å². The van der Waals surface area contributed by atoms with Gasteiger partial charge in [-0.3, -0.25) is 4.79 Å². The smallest absolute Gasteiger partial charge is 0.226 e. The molecule has 1 N–H and O–H groups in total. The van der Waals surface area contributed by atoms with Gasteiger partial charge < -0.3 is 10.2 Å². The number of piperidine rings is 1. The van der Waals surface area contributed by atoms with Gasteiger partial charge in [0.05, 0.1) is 0 Å². The molecule has 3 nitrogen and oxygen atoms in total. The van der Waals surface area contributed by atoms with Crippen LogP contribution in [0.5, 0.6) is 0 Å². The third-order valence-electron chi connectivity index (χ3n) is 5.66. The van der Waals surface area contributed by atoms with Crippen LogP contribution in [-0.4, -0.2) is 29.9 Å². The normalized spacial score (nSPS) is 24.8. The Bertz CT molecular complexity index is 584. The molecule has 1 unspecified atom stereocenters. The van der Waals surface area contributed by atoms with Gasteiger partial charge in [-0.05, 0) is 56.7 Å². The lowest BCUT2D eigenvalue weighted by Gasteiger charge is -2.27. The molecule has 0 bridgehead atoms. The quantitative estimate of drug-likeness (QED) is 0.914. The molecular formula is C18H24ClFN2O. The summed E-state index contributed by atoms with van der Waals surface area (Å²) in [6, 6.07) is 7.17. The van der Waals surface area contributed by atoms with Gasteiger partial charge in [-0.25, -0.2) is 4.39 Å². The van der Waals surface area contributed by atoms with E-state index in [4.69, 9.17) is 0 Å². The third kappa shape index (κ3) is 3.24. The average Bonchev–Trinajstić information content (AvgIpc) is 3.44. The Labute approximate surface area is 143 Å². The van der Waals surface area contributed by atoms with Crippen LogP contribution in [0.2, 0.25) is 0 Å². The van der Waals surface area contributed by atoms with Crippen LogP contribution in [-0.2, 0) is 11.3 Å². The summed E-state index contributed by atoms with van der Waals surface area (Å²) >= 11 is 0. The van der Waals surface area contributed by atoms with Crippen LogP contribution < -0.4 is 5.32 Å². The zero-order valence-electron chi connectivity index (χ0n) is 13.3. The van der Waals surface area contributed by atoms with Crippen LogP contribution >= 0.6 is 12.4 Å². The van der Waals surface area contributed by atoms with Crippen LogP contribution in [0.25, 0.3) is 0 Å². The lowest BCUT2D eigenvalue weighted by molar-refractivity contribution is -0.134. The van der Waals surface area contributed by atoms with Gasteiger partial charge in [0.25, 0.3) is 0 Å². The molecule has 2 aliphatic carbocycles. The molecular weight excluding hydrogens is 315 g/mol. The Kier molecular flexibility index (Phi) is 4.65. The van der Waals surface area contributed by atoms with Crippen molar-refractivity contribution in [2.45, 2.75) is 44.7 Å². The zero-order chi connectivity index (χ0) is 15.2. The molecule has 126 valence electrons. The van der Waals surface area contributed by atoms with Crippen molar-refractivity contribution in [2.75, 3.05) is 13.1 Å². The zero-order valence-corrected chi connectivity index (χ0v) is 14.1. The summed E-state index contributed by atoms with van der Waals surface area (Å²) < 4.78 is 13.9. The number of hydrogen-bond donors (Lipinski definition) is 1. The van der Waals surface area contributed by atoms with Crippen molar-refractivity contribution in [2.24, 2.45) is 11.3 Å². The fraction of sp³-hybridized carbons (Fsp3) is 0.611. The third-order valence-corrected chi connectivity index (χ3v) is 5.66. The van der Waals surface area contributed by atoms with Gasteiger partial charge in [-0.2, -0.15) is 0 Å². The van der Waals surface area contributed by atoms with Gasteiger partial charge in [0.1, 0.15) is 5.82 Å². The number of nitrogens with zero attached hydrogens (tertiary/aromatic N) is 1. The van der Waals surface area contributed by atoms with Crippen LogP contribution in [0, 0.1) is 17.2 Å². The van der Waals surface area contributed by atoms with Crippen molar-refractivity contribution < 1.29 is 9.18 Å². The van der Waals surface area contributed by atoms with Crippen molar-refractivity contribution in [1.29, 1.82) is 0 Å². The number of halogens is 2. The monoisotopic (exact) mass is 338 g/mol. The molecule has 1 atom stereocenters. The van der Waals surface area contributed by atoms with Crippen LogP contribution in [0.4, 0.5) is 4.39 Å². The van der Waals surface area contributed by atoms with Crippen molar-refractivity contribution in [3.63, 3.8) is 0 Å². The molecule has 1 saturated heterocycles. The first-order valence-corrected chi connectivity index (χ1v) is 8.44. The molecule has 0 radical (unpaired) electrons. The predicted molar refractivity (Wildman–Crippen MR) is 89.9 cm³/mol. The lowest BCUT2D eigenvalue weighted by atomic mass is 9.91. The highest BCUT2D eigenvalue weighted by Gasteiger charge is 2.59. The second-order valence-corrected chi connectivity index (χ2v) is 7.16. The minimum Gasteiger partial charge on any atom is -0.335 e. The van der Waals surface area contributed by atoms with Crippen molar-refractivity contribution in [1.82, 2.24) is 10.2 Å². The first kappa shape index (κ1) is 16.7. The molecule has 1 aromatic rings. The van der Waals surface area contributed by atoms with Crippen LogP contribution in [0.3, 0.4) is 0 Å². The van der Waals surface area contributed by atoms with E-state index in [1.165, 1.54) is 6.07 Å². The van der Waals surface area contributed by atoms with E-state index in [9.17, 15) is 9.18 Å². The summed E-state index contributed by atoms with van der Waals surface area (Å²) in [5.74, 6) is 0.253. The number of amides is 1. The number of carbonyl (C=O) groups is 1. The van der Waals surface area contributed by atoms with E-state index in [1.807, 2.05) is 11.0 Å². The van der Waals surface area contributed by atoms with Gasteiger partial charge in [0.2, 0.25) is 5.91 Å². The molecule has 1 aromatic carbocycles. The highest BCUT2D eigenvalue weighted by Crippen LogP contribution is 2.59. The summed E-state index contributed by atoms with van der Waals surface area (Å²) in [7, 11) is 0. The Morgan fingerprint density at radius 2 is 1.96 bits per heavy atom. The van der Waals surface area contributed by atoms with E-state index in [0.717, 1.165) is 45.2 Å². The number of rotatable bonds is 4. The van der Waals surface area contributed by atoms with E-state index < -0.39 is 0 Å². The summed E-state index contributed by atoms with van der Waals surface area (Å²) in [6.45, 7) is 2.49. The number of carbonyl (C=O) groups excluding carboxylic acids is 1. The molecule has 23 heavy (non-hydrogen) atoms. The molecule has 1 heterocycles. The number of benzene rings is 1. The van der Waals surface area contributed by atoms with Gasteiger partial charge in [-0.15, -0.1) is 12.4 Å². The van der Waals surface area contributed by atoms with E-state index in [2.05, 4.69) is 5.32 Å². The number of nitrogens with one attached hydrogen (secondary N) is 1. The molecule has 1 amide bonds. The minimum absolute atomic E-state index is 0. The van der Waals surface area contributed by atoms with Gasteiger partial charge in [0.15, 0.2) is 0 Å². The summed E-state index contributed by atoms with van der Waals surface area (Å²) in [5, 5.41) is 3.38. The highest BCUT2D eigenvalue weighted by molar-refractivity contribution is 5.85. The Balaban J connectivity index is 0.00000156. The maximum atomic E-state index is 13.9. The largest absolute Gasteiger partial charge is 0.335 e. The van der Waals surface area contributed by atoms with E-state index in [-0.39, 0.29) is 35.5 Å². The SMILES string of the molecule is Cl.O=C(C1CC12CCNCC2)N(Cc1ccccc1F)C1CC1. The Morgan fingerprint density at radius 1 is 1.26 bits per heavy atom. The Hall–Kier alpha value is -1.13. The predicted octanol–water partition coefficient (Wildman–Crippen LogP) is 3.13. The molecule has 3 aliphatic rings. The number of hydrogen-bond acceptors (Lipinski definition) is 2. The Morgan fingerprint density at radius 3 is 2.61 bits per heavy atom. The summed E-state index contributed by atoms with van der Waals surface area (Å²) in [4.78, 5) is 14.9. The van der Waals surface area contributed by atoms with Crippen molar-refractivity contribution >= 4 is 18.3 Å². The van der Waals surface area contributed by atoms with Crippen molar-refractivity contribution in [3.8, 4) is 0 Å². The second-order valence-electron chi connectivity index (χ2n) is 7.16. The molecule has 3 fully saturated rings. The van der Waals surface area contributed by atoms with Gasteiger partial charge in [0, 0.05) is 24.1 Å². The maximum Gasteiger partial charge on any atom is 0.226 e. The molecule has 4 rings (SSSR count). The van der Waals surface area contributed by atoms with E-state index in [0.29, 0.717) is 18.2 Å². The first-order chi connectivity index (χ1) is 10.7. The highest BCUT2D eigenvalue weighted by atomic mass is 35.5.